The van der Waals surface area contributed by atoms with Crippen molar-refractivity contribution in [3.8, 4) is 0 Å². The highest BCUT2D eigenvalue weighted by Crippen LogP contribution is 2.52. The van der Waals surface area contributed by atoms with E-state index in [4.69, 9.17) is 9.47 Å². The number of carbonyl (C=O) groups is 1. The number of rotatable bonds is 3. The van der Waals surface area contributed by atoms with Crippen LogP contribution in [0.25, 0.3) is 0 Å². The Morgan fingerprint density at radius 3 is 2.59 bits per heavy atom. The SMILES string of the molecule is CCOC(=O)C1([C@@H]2NC(C)(C)C[C@H](C)O2)CC1. The molecule has 1 aliphatic heterocycles. The minimum Gasteiger partial charge on any atom is -0.465 e. The van der Waals surface area contributed by atoms with E-state index in [9.17, 15) is 4.79 Å². The maximum atomic E-state index is 12.0. The quantitative estimate of drug-likeness (QED) is 0.766. The Morgan fingerprint density at radius 2 is 2.12 bits per heavy atom. The van der Waals surface area contributed by atoms with Gasteiger partial charge in [0, 0.05) is 5.54 Å². The lowest BCUT2D eigenvalue weighted by Crippen LogP contribution is -2.59. The first-order valence-electron chi connectivity index (χ1n) is 6.50. The molecular formula is C13H23NO3. The van der Waals surface area contributed by atoms with Gasteiger partial charge in [-0.3, -0.25) is 10.1 Å². The van der Waals surface area contributed by atoms with Gasteiger partial charge in [-0.25, -0.2) is 0 Å². The van der Waals surface area contributed by atoms with Crippen molar-refractivity contribution in [3.05, 3.63) is 0 Å². The molecule has 0 radical (unpaired) electrons. The third-order valence-electron chi connectivity index (χ3n) is 3.66. The predicted molar refractivity (Wildman–Crippen MR) is 64.5 cm³/mol. The molecule has 1 saturated heterocycles. The molecule has 0 bridgehead atoms. The van der Waals surface area contributed by atoms with Crippen LogP contribution in [0.2, 0.25) is 0 Å². The fraction of sp³-hybridized carbons (Fsp3) is 0.923. The first-order chi connectivity index (χ1) is 7.89. The standard InChI is InChI=1S/C13H23NO3/c1-5-16-11(15)13(6-7-13)10-14-12(3,4)8-9(2)17-10/h9-10,14H,5-8H2,1-4H3/t9-,10+/m0/s1. The Morgan fingerprint density at radius 1 is 1.47 bits per heavy atom. The molecule has 2 atom stereocenters. The van der Waals surface area contributed by atoms with E-state index < -0.39 is 5.41 Å². The molecule has 0 aromatic heterocycles. The molecule has 0 aromatic carbocycles. The second kappa shape index (κ2) is 4.25. The van der Waals surface area contributed by atoms with Gasteiger partial charge < -0.3 is 9.47 Å². The van der Waals surface area contributed by atoms with Crippen LogP contribution in [0.15, 0.2) is 0 Å². The van der Waals surface area contributed by atoms with Crippen LogP contribution in [-0.4, -0.2) is 30.4 Å². The number of hydrogen-bond donors (Lipinski definition) is 1. The molecule has 1 aliphatic carbocycles. The van der Waals surface area contributed by atoms with Crippen molar-refractivity contribution >= 4 is 5.97 Å². The molecule has 0 unspecified atom stereocenters. The van der Waals surface area contributed by atoms with Crippen LogP contribution in [0.4, 0.5) is 0 Å². The molecule has 4 nitrogen and oxygen atoms in total. The summed E-state index contributed by atoms with van der Waals surface area (Å²) in [6.45, 7) is 8.65. The zero-order chi connectivity index (χ0) is 12.7. The zero-order valence-electron chi connectivity index (χ0n) is 11.2. The number of nitrogens with one attached hydrogen (secondary N) is 1. The smallest absolute Gasteiger partial charge is 0.316 e. The van der Waals surface area contributed by atoms with Crippen molar-refractivity contribution in [1.29, 1.82) is 0 Å². The molecule has 17 heavy (non-hydrogen) atoms. The highest BCUT2D eigenvalue weighted by atomic mass is 16.5. The highest BCUT2D eigenvalue weighted by molar-refractivity contribution is 5.80. The molecule has 1 N–H and O–H groups in total. The van der Waals surface area contributed by atoms with E-state index in [1.54, 1.807) is 0 Å². The van der Waals surface area contributed by atoms with E-state index in [1.165, 1.54) is 0 Å². The van der Waals surface area contributed by atoms with Crippen LogP contribution < -0.4 is 5.32 Å². The summed E-state index contributed by atoms with van der Waals surface area (Å²) in [5.41, 5.74) is -0.410. The minimum absolute atomic E-state index is 0.0183. The summed E-state index contributed by atoms with van der Waals surface area (Å²) in [7, 11) is 0. The maximum Gasteiger partial charge on any atom is 0.316 e. The van der Waals surface area contributed by atoms with Gasteiger partial charge in [0.05, 0.1) is 12.7 Å². The van der Waals surface area contributed by atoms with Crippen LogP contribution in [0.5, 0.6) is 0 Å². The van der Waals surface area contributed by atoms with Crippen molar-refractivity contribution in [2.45, 2.75) is 64.8 Å². The van der Waals surface area contributed by atoms with E-state index in [0.29, 0.717) is 6.61 Å². The number of hydrogen-bond acceptors (Lipinski definition) is 4. The van der Waals surface area contributed by atoms with E-state index in [2.05, 4.69) is 26.1 Å². The van der Waals surface area contributed by atoms with Gasteiger partial charge in [-0.2, -0.15) is 0 Å². The van der Waals surface area contributed by atoms with Gasteiger partial charge in [-0.05, 0) is 47.0 Å². The first-order valence-corrected chi connectivity index (χ1v) is 6.50. The van der Waals surface area contributed by atoms with E-state index in [1.807, 2.05) is 6.92 Å². The molecule has 2 rings (SSSR count). The van der Waals surface area contributed by atoms with Crippen LogP contribution in [0.1, 0.15) is 47.0 Å². The predicted octanol–water partition coefficient (Wildman–Crippen LogP) is 1.83. The van der Waals surface area contributed by atoms with E-state index in [0.717, 1.165) is 19.3 Å². The average Bonchev–Trinajstić information content (AvgIpc) is 2.95. The number of esters is 1. The van der Waals surface area contributed by atoms with Gasteiger partial charge >= 0.3 is 5.97 Å². The highest BCUT2D eigenvalue weighted by Gasteiger charge is 2.60. The molecule has 98 valence electrons. The number of carbonyl (C=O) groups excluding carboxylic acids is 1. The van der Waals surface area contributed by atoms with Crippen molar-refractivity contribution in [2.24, 2.45) is 5.41 Å². The molecule has 4 heteroatoms. The molecule has 0 amide bonds. The van der Waals surface area contributed by atoms with Gasteiger partial charge in [0.1, 0.15) is 11.6 Å². The summed E-state index contributed by atoms with van der Waals surface area (Å²) in [6.07, 6.45) is 2.68. The largest absolute Gasteiger partial charge is 0.465 e. The summed E-state index contributed by atoms with van der Waals surface area (Å²) in [6, 6.07) is 0. The van der Waals surface area contributed by atoms with Gasteiger partial charge in [0.25, 0.3) is 0 Å². The van der Waals surface area contributed by atoms with Crippen LogP contribution in [0.3, 0.4) is 0 Å². The Labute approximate surface area is 103 Å². The lowest BCUT2D eigenvalue weighted by molar-refractivity contribution is -0.169. The third-order valence-corrected chi connectivity index (χ3v) is 3.66. The molecule has 2 aliphatic rings. The summed E-state index contributed by atoms with van der Waals surface area (Å²) >= 11 is 0. The summed E-state index contributed by atoms with van der Waals surface area (Å²) in [5, 5.41) is 3.44. The Kier molecular flexibility index (Phi) is 3.21. The van der Waals surface area contributed by atoms with Crippen LogP contribution in [-0.2, 0) is 14.3 Å². The zero-order valence-corrected chi connectivity index (χ0v) is 11.2. The Bertz CT molecular complexity index is 310. The van der Waals surface area contributed by atoms with Gasteiger partial charge in [0.15, 0.2) is 0 Å². The van der Waals surface area contributed by atoms with Gasteiger partial charge in [-0.15, -0.1) is 0 Å². The number of ether oxygens (including phenoxy) is 2. The Hall–Kier alpha value is -0.610. The van der Waals surface area contributed by atoms with E-state index in [-0.39, 0.29) is 23.8 Å². The summed E-state index contributed by atoms with van der Waals surface area (Å²) in [5.74, 6) is -0.109. The maximum absolute atomic E-state index is 12.0. The van der Waals surface area contributed by atoms with E-state index >= 15 is 0 Å². The average molecular weight is 241 g/mol. The van der Waals surface area contributed by atoms with Gasteiger partial charge in [0.2, 0.25) is 0 Å². The van der Waals surface area contributed by atoms with Crippen LogP contribution >= 0.6 is 0 Å². The van der Waals surface area contributed by atoms with Crippen molar-refractivity contribution < 1.29 is 14.3 Å². The van der Waals surface area contributed by atoms with Gasteiger partial charge in [-0.1, -0.05) is 0 Å². The lowest BCUT2D eigenvalue weighted by atomic mass is 9.92. The summed E-state index contributed by atoms with van der Waals surface area (Å²) in [4.78, 5) is 12.0. The van der Waals surface area contributed by atoms with Crippen molar-refractivity contribution in [2.75, 3.05) is 6.61 Å². The molecule has 0 aromatic rings. The van der Waals surface area contributed by atoms with Crippen molar-refractivity contribution in [1.82, 2.24) is 5.32 Å². The van der Waals surface area contributed by atoms with Crippen molar-refractivity contribution in [3.63, 3.8) is 0 Å². The normalized spacial score (nSPS) is 34.1. The molecule has 2 fully saturated rings. The first kappa shape index (κ1) is 12.8. The molecule has 0 spiro atoms. The molecule has 1 heterocycles. The summed E-state index contributed by atoms with van der Waals surface area (Å²) < 4.78 is 11.1. The second-order valence-electron chi connectivity index (χ2n) is 5.94. The topological polar surface area (TPSA) is 47.6 Å². The molecule has 1 saturated carbocycles. The second-order valence-corrected chi connectivity index (χ2v) is 5.94. The monoisotopic (exact) mass is 241 g/mol. The Balaban J connectivity index is 2.09. The molecular weight excluding hydrogens is 218 g/mol. The lowest BCUT2D eigenvalue weighted by Gasteiger charge is -2.43. The fourth-order valence-electron chi connectivity index (χ4n) is 2.70. The minimum atomic E-state index is -0.429. The third kappa shape index (κ3) is 2.47. The fourth-order valence-corrected chi connectivity index (χ4v) is 2.70. The van der Waals surface area contributed by atoms with Crippen LogP contribution in [0, 0.1) is 5.41 Å².